The summed E-state index contributed by atoms with van der Waals surface area (Å²) in [4.78, 5) is 24.1. The fourth-order valence-corrected chi connectivity index (χ4v) is 2.98. The van der Waals surface area contributed by atoms with Crippen molar-refractivity contribution in [2.45, 2.75) is 25.2 Å². The highest BCUT2D eigenvalue weighted by Gasteiger charge is 2.23. The Bertz CT molecular complexity index is 956. The molecule has 0 unspecified atom stereocenters. The lowest BCUT2D eigenvalue weighted by atomic mass is 10.1. The molecule has 0 spiro atoms. The number of amides is 1. The van der Waals surface area contributed by atoms with Gasteiger partial charge in [-0.3, -0.25) is 9.59 Å². The van der Waals surface area contributed by atoms with Gasteiger partial charge >= 0.3 is 0 Å². The van der Waals surface area contributed by atoms with Crippen molar-refractivity contribution in [1.29, 1.82) is 0 Å². The number of allylic oxidation sites excluding steroid dienone is 3. The molecule has 2 aliphatic carbocycles. The van der Waals surface area contributed by atoms with Gasteiger partial charge in [0.05, 0.1) is 5.56 Å². The van der Waals surface area contributed by atoms with Crippen molar-refractivity contribution in [2.24, 2.45) is 0 Å². The van der Waals surface area contributed by atoms with Gasteiger partial charge in [0.2, 0.25) is 0 Å². The molecular weight excluding hydrogens is 345 g/mol. The molecule has 2 aromatic rings. The van der Waals surface area contributed by atoms with Crippen LogP contribution in [0.1, 0.15) is 41.1 Å². The Morgan fingerprint density at radius 1 is 1.11 bits per heavy atom. The van der Waals surface area contributed by atoms with Gasteiger partial charge in [-0.05, 0) is 60.7 Å². The molecule has 1 amide bonds. The maximum absolute atomic E-state index is 13.7. The molecule has 1 saturated carbocycles. The molecule has 2 aliphatic rings. The zero-order valence-electron chi connectivity index (χ0n) is 14.6. The number of nitrogens with one attached hydrogen (secondary N) is 1. The van der Waals surface area contributed by atoms with Crippen molar-refractivity contribution in [1.82, 2.24) is 5.32 Å². The van der Waals surface area contributed by atoms with Crippen LogP contribution in [-0.4, -0.2) is 11.7 Å². The summed E-state index contributed by atoms with van der Waals surface area (Å²) in [6.45, 7) is 0. The number of hydrogen-bond acceptors (Lipinski definition) is 3. The summed E-state index contributed by atoms with van der Waals surface area (Å²) in [6.07, 6.45) is 7.42. The van der Waals surface area contributed by atoms with Gasteiger partial charge in [0.25, 0.3) is 5.91 Å². The number of rotatable bonds is 5. The average Bonchev–Trinajstić information content (AvgIpc) is 3.49. The number of carbonyl (C=O) groups excluding carboxylic acids is 2. The maximum atomic E-state index is 13.7. The molecule has 0 aliphatic heterocycles. The zero-order chi connectivity index (χ0) is 18.8. The van der Waals surface area contributed by atoms with Crippen molar-refractivity contribution < 1.29 is 18.7 Å². The highest BCUT2D eigenvalue weighted by atomic mass is 19.1. The van der Waals surface area contributed by atoms with Gasteiger partial charge in [-0.25, -0.2) is 4.39 Å². The standard InChI is InChI=1S/C22H18FNO3/c23-16-8-11-21(27-19-9-6-15(7-10-19)14-4-5-14)20(12-16)22(26)24-17-2-1-3-18(25)13-17/h1-2,6-14H,3-5H2,(H,24,26). The third-order valence-electron chi connectivity index (χ3n) is 4.53. The van der Waals surface area contributed by atoms with Crippen molar-refractivity contribution in [3.63, 3.8) is 0 Å². The summed E-state index contributed by atoms with van der Waals surface area (Å²) in [5.74, 6) is 0.294. The SMILES string of the molecule is O=C1C=C(NC(=O)c2cc(F)ccc2Oc2ccc(C3CC3)cc2)C=CC1. The number of hydrogen-bond donors (Lipinski definition) is 1. The molecule has 4 nitrogen and oxygen atoms in total. The van der Waals surface area contributed by atoms with E-state index in [0.29, 0.717) is 23.8 Å². The van der Waals surface area contributed by atoms with Gasteiger partial charge in [-0.15, -0.1) is 0 Å². The van der Waals surface area contributed by atoms with Gasteiger partial charge in [-0.2, -0.15) is 0 Å². The fraction of sp³-hybridized carbons (Fsp3) is 0.182. The lowest BCUT2D eigenvalue weighted by Crippen LogP contribution is -2.24. The number of carbonyl (C=O) groups is 2. The van der Waals surface area contributed by atoms with Gasteiger partial charge in [-0.1, -0.05) is 18.2 Å². The van der Waals surface area contributed by atoms with E-state index in [4.69, 9.17) is 4.74 Å². The monoisotopic (exact) mass is 363 g/mol. The first-order chi connectivity index (χ1) is 13.1. The van der Waals surface area contributed by atoms with Crippen molar-refractivity contribution in [2.75, 3.05) is 0 Å². The summed E-state index contributed by atoms with van der Waals surface area (Å²) in [5.41, 5.74) is 1.72. The Morgan fingerprint density at radius 3 is 2.59 bits per heavy atom. The Hall–Kier alpha value is -3.21. The van der Waals surface area contributed by atoms with Gasteiger partial charge < -0.3 is 10.1 Å². The Balaban J connectivity index is 1.55. The summed E-state index contributed by atoms with van der Waals surface area (Å²) in [7, 11) is 0. The lowest BCUT2D eigenvalue weighted by Gasteiger charge is -2.13. The second kappa shape index (κ2) is 7.19. The zero-order valence-corrected chi connectivity index (χ0v) is 14.6. The van der Waals surface area contributed by atoms with Crippen LogP contribution in [0.5, 0.6) is 11.5 Å². The van der Waals surface area contributed by atoms with Crippen LogP contribution >= 0.6 is 0 Å². The van der Waals surface area contributed by atoms with Crippen molar-refractivity contribution in [3.8, 4) is 11.5 Å². The summed E-state index contributed by atoms with van der Waals surface area (Å²) in [6, 6.07) is 11.5. The highest BCUT2D eigenvalue weighted by molar-refractivity contribution is 6.00. The first kappa shape index (κ1) is 17.2. The van der Waals surface area contributed by atoms with Crippen molar-refractivity contribution >= 4 is 11.7 Å². The van der Waals surface area contributed by atoms with E-state index in [2.05, 4.69) is 5.32 Å². The van der Waals surface area contributed by atoms with E-state index in [1.54, 1.807) is 12.2 Å². The molecule has 0 saturated heterocycles. The first-order valence-corrected chi connectivity index (χ1v) is 8.88. The quantitative estimate of drug-likeness (QED) is 0.842. The molecular formula is C22H18FNO3. The predicted molar refractivity (Wildman–Crippen MR) is 99.2 cm³/mol. The highest BCUT2D eigenvalue weighted by Crippen LogP contribution is 2.40. The molecule has 2 aromatic carbocycles. The molecule has 27 heavy (non-hydrogen) atoms. The van der Waals surface area contributed by atoms with Gasteiger partial charge in [0.1, 0.15) is 17.3 Å². The Kier molecular flexibility index (Phi) is 4.59. The Labute approximate surface area is 156 Å². The van der Waals surface area contributed by atoms with Crippen LogP contribution in [-0.2, 0) is 4.79 Å². The van der Waals surface area contributed by atoms with Crippen LogP contribution in [0.4, 0.5) is 4.39 Å². The van der Waals surface area contributed by atoms with Crippen LogP contribution in [0.2, 0.25) is 0 Å². The van der Waals surface area contributed by atoms with Crippen LogP contribution in [0.25, 0.3) is 0 Å². The van der Waals surface area contributed by atoms with Crippen molar-refractivity contribution in [3.05, 3.63) is 83.3 Å². The molecule has 136 valence electrons. The van der Waals surface area contributed by atoms with Gasteiger partial charge in [0, 0.05) is 18.2 Å². The first-order valence-electron chi connectivity index (χ1n) is 8.88. The summed E-state index contributed by atoms with van der Waals surface area (Å²) >= 11 is 0. The largest absolute Gasteiger partial charge is 0.457 e. The third kappa shape index (κ3) is 4.14. The normalized spacial score (nSPS) is 16.0. The number of halogens is 1. The average molecular weight is 363 g/mol. The van der Waals surface area contributed by atoms with E-state index in [-0.39, 0.29) is 17.1 Å². The number of ether oxygens (including phenoxy) is 1. The van der Waals surface area contributed by atoms with E-state index in [9.17, 15) is 14.0 Å². The molecule has 1 fully saturated rings. The van der Waals surface area contributed by atoms with E-state index < -0.39 is 11.7 Å². The molecule has 0 aromatic heterocycles. The molecule has 0 bridgehead atoms. The van der Waals surface area contributed by atoms with Gasteiger partial charge in [0.15, 0.2) is 5.78 Å². The minimum Gasteiger partial charge on any atom is -0.457 e. The molecule has 0 radical (unpaired) electrons. The van der Waals surface area contributed by atoms with Crippen LogP contribution < -0.4 is 10.1 Å². The Morgan fingerprint density at radius 2 is 1.89 bits per heavy atom. The molecule has 4 rings (SSSR count). The van der Waals surface area contributed by atoms with E-state index in [0.717, 1.165) is 6.07 Å². The molecule has 0 heterocycles. The van der Waals surface area contributed by atoms with Crippen LogP contribution in [0.15, 0.2) is 66.4 Å². The molecule has 1 N–H and O–H groups in total. The second-order valence-electron chi connectivity index (χ2n) is 6.71. The minimum absolute atomic E-state index is 0.0635. The predicted octanol–water partition coefficient (Wildman–Crippen LogP) is 4.64. The molecule has 0 atom stereocenters. The second-order valence-corrected chi connectivity index (χ2v) is 6.71. The fourth-order valence-electron chi connectivity index (χ4n) is 2.98. The maximum Gasteiger partial charge on any atom is 0.259 e. The van der Waals surface area contributed by atoms with Crippen LogP contribution in [0.3, 0.4) is 0 Å². The van der Waals surface area contributed by atoms with E-state index in [1.165, 1.54) is 36.6 Å². The third-order valence-corrected chi connectivity index (χ3v) is 4.53. The number of ketones is 1. The minimum atomic E-state index is -0.541. The van der Waals surface area contributed by atoms with E-state index >= 15 is 0 Å². The summed E-state index contributed by atoms with van der Waals surface area (Å²) in [5, 5.41) is 2.62. The lowest BCUT2D eigenvalue weighted by molar-refractivity contribution is -0.113. The topological polar surface area (TPSA) is 55.4 Å². The number of benzene rings is 2. The smallest absolute Gasteiger partial charge is 0.259 e. The molecule has 5 heteroatoms. The summed E-state index contributed by atoms with van der Waals surface area (Å²) < 4.78 is 19.5. The van der Waals surface area contributed by atoms with Crippen LogP contribution in [0, 0.1) is 5.82 Å². The van der Waals surface area contributed by atoms with E-state index in [1.807, 2.05) is 24.3 Å².